The summed E-state index contributed by atoms with van der Waals surface area (Å²) in [7, 11) is 2.04. The molecule has 1 unspecified atom stereocenters. The third-order valence-electron chi connectivity index (χ3n) is 4.15. The van der Waals surface area contributed by atoms with Crippen molar-refractivity contribution >= 4 is 0 Å². The molecule has 2 rings (SSSR count). The van der Waals surface area contributed by atoms with Crippen molar-refractivity contribution in [2.45, 2.75) is 39.3 Å². The van der Waals surface area contributed by atoms with Gasteiger partial charge in [-0.15, -0.1) is 0 Å². The molecule has 0 aliphatic carbocycles. The number of unbranched alkanes of at least 4 members (excludes halogenated alkanes) is 1. The Morgan fingerprint density at radius 2 is 2.09 bits per heavy atom. The first kappa shape index (κ1) is 16.6. The molecule has 5 nitrogen and oxygen atoms in total. The molecule has 0 saturated carbocycles. The van der Waals surface area contributed by atoms with Gasteiger partial charge in [0.1, 0.15) is 5.82 Å². The van der Waals surface area contributed by atoms with Gasteiger partial charge in [-0.25, -0.2) is 4.98 Å². The number of hydrogen-bond acceptors (Lipinski definition) is 4. The molecule has 0 aliphatic rings. The highest BCUT2D eigenvalue weighted by Crippen LogP contribution is 2.21. The van der Waals surface area contributed by atoms with Gasteiger partial charge < -0.3 is 10.3 Å². The molecular formula is C17H27N5. The summed E-state index contributed by atoms with van der Waals surface area (Å²) < 4.78 is 2.09. The molecule has 5 heteroatoms. The topological polar surface area (TPSA) is 60.0 Å². The largest absolute Gasteiger partial charge is 0.337 e. The van der Waals surface area contributed by atoms with Gasteiger partial charge >= 0.3 is 0 Å². The fourth-order valence-corrected chi connectivity index (χ4v) is 2.69. The van der Waals surface area contributed by atoms with Gasteiger partial charge in [0.15, 0.2) is 0 Å². The van der Waals surface area contributed by atoms with Crippen LogP contribution >= 0.6 is 0 Å². The minimum atomic E-state index is 0.249. The van der Waals surface area contributed by atoms with Crippen LogP contribution in [0.25, 0.3) is 0 Å². The fourth-order valence-electron chi connectivity index (χ4n) is 2.69. The van der Waals surface area contributed by atoms with E-state index in [-0.39, 0.29) is 6.04 Å². The zero-order valence-corrected chi connectivity index (χ0v) is 13.9. The molecule has 0 radical (unpaired) electrons. The molecule has 2 N–H and O–H groups in total. The molecule has 0 bridgehead atoms. The molecule has 2 aromatic rings. The molecule has 0 saturated heterocycles. The smallest absolute Gasteiger partial charge is 0.125 e. The molecule has 0 spiro atoms. The Hall–Kier alpha value is -1.72. The SMILES string of the molecule is Cc1cccnc1CN(CCCCN)C(C)c1nccn1C. The third kappa shape index (κ3) is 4.15. The Labute approximate surface area is 133 Å². The molecule has 1 atom stereocenters. The van der Waals surface area contributed by atoms with Crippen LogP contribution in [0.1, 0.15) is 42.9 Å². The first-order valence-corrected chi connectivity index (χ1v) is 7.95. The van der Waals surface area contributed by atoms with E-state index in [2.05, 4.69) is 39.3 Å². The van der Waals surface area contributed by atoms with Crippen LogP contribution in [0.2, 0.25) is 0 Å². The molecule has 0 aromatic carbocycles. The van der Waals surface area contributed by atoms with E-state index in [1.165, 1.54) is 5.56 Å². The van der Waals surface area contributed by atoms with Crippen LogP contribution in [0.3, 0.4) is 0 Å². The van der Waals surface area contributed by atoms with E-state index in [0.717, 1.165) is 44.0 Å². The Kier molecular flexibility index (Phi) is 6.10. The first-order valence-electron chi connectivity index (χ1n) is 7.95. The second-order valence-electron chi connectivity index (χ2n) is 5.81. The summed E-state index contributed by atoms with van der Waals surface area (Å²) in [6.45, 7) is 6.91. The van der Waals surface area contributed by atoms with Gasteiger partial charge in [-0.2, -0.15) is 0 Å². The minimum Gasteiger partial charge on any atom is -0.337 e. The van der Waals surface area contributed by atoms with E-state index < -0.39 is 0 Å². The fraction of sp³-hybridized carbons (Fsp3) is 0.529. The lowest BCUT2D eigenvalue weighted by atomic mass is 10.1. The number of aromatic nitrogens is 3. The summed E-state index contributed by atoms with van der Waals surface area (Å²) in [4.78, 5) is 11.5. The molecule has 2 heterocycles. The number of nitrogens with two attached hydrogens (primary N) is 1. The lowest BCUT2D eigenvalue weighted by Gasteiger charge is -2.29. The normalized spacial score (nSPS) is 12.8. The first-order chi connectivity index (χ1) is 10.6. The quantitative estimate of drug-likeness (QED) is 0.761. The van der Waals surface area contributed by atoms with Gasteiger partial charge in [-0.05, 0) is 51.4 Å². The molecule has 22 heavy (non-hydrogen) atoms. The van der Waals surface area contributed by atoms with Gasteiger partial charge in [0, 0.05) is 32.2 Å². The van der Waals surface area contributed by atoms with Crippen molar-refractivity contribution in [3.63, 3.8) is 0 Å². The van der Waals surface area contributed by atoms with Crippen molar-refractivity contribution in [1.29, 1.82) is 0 Å². The summed E-state index contributed by atoms with van der Waals surface area (Å²) in [5.41, 5.74) is 8.01. The second kappa shape index (κ2) is 8.06. The summed E-state index contributed by atoms with van der Waals surface area (Å²) in [6.07, 6.45) is 7.86. The molecule has 0 amide bonds. The molecule has 0 fully saturated rings. The van der Waals surface area contributed by atoms with Gasteiger partial charge in [-0.3, -0.25) is 9.88 Å². The monoisotopic (exact) mass is 301 g/mol. The average molecular weight is 301 g/mol. The van der Waals surface area contributed by atoms with Gasteiger partial charge in [-0.1, -0.05) is 6.07 Å². The van der Waals surface area contributed by atoms with E-state index >= 15 is 0 Å². The summed E-state index contributed by atoms with van der Waals surface area (Å²) in [6, 6.07) is 4.35. The lowest BCUT2D eigenvalue weighted by molar-refractivity contribution is 0.185. The maximum Gasteiger partial charge on any atom is 0.125 e. The number of aryl methyl sites for hydroxylation is 2. The van der Waals surface area contributed by atoms with Crippen LogP contribution < -0.4 is 5.73 Å². The highest BCUT2D eigenvalue weighted by molar-refractivity contribution is 5.17. The van der Waals surface area contributed by atoms with Crippen molar-refractivity contribution < 1.29 is 0 Å². The lowest BCUT2D eigenvalue weighted by Crippen LogP contribution is -2.30. The molecule has 0 aliphatic heterocycles. The van der Waals surface area contributed by atoms with E-state index in [1.807, 2.05) is 31.7 Å². The van der Waals surface area contributed by atoms with Crippen LogP contribution in [0.15, 0.2) is 30.7 Å². The van der Waals surface area contributed by atoms with E-state index in [1.54, 1.807) is 0 Å². The van der Waals surface area contributed by atoms with Crippen molar-refractivity contribution in [2.75, 3.05) is 13.1 Å². The minimum absolute atomic E-state index is 0.249. The number of rotatable bonds is 8. The van der Waals surface area contributed by atoms with Crippen LogP contribution in [0.5, 0.6) is 0 Å². The van der Waals surface area contributed by atoms with E-state index in [0.29, 0.717) is 0 Å². The van der Waals surface area contributed by atoms with E-state index in [4.69, 9.17) is 5.73 Å². The number of pyridine rings is 1. The molecule has 120 valence electrons. The van der Waals surface area contributed by atoms with Crippen LogP contribution in [-0.2, 0) is 13.6 Å². The van der Waals surface area contributed by atoms with E-state index in [9.17, 15) is 0 Å². The third-order valence-corrected chi connectivity index (χ3v) is 4.15. The maximum atomic E-state index is 5.64. The van der Waals surface area contributed by atoms with Crippen molar-refractivity contribution in [3.05, 3.63) is 47.8 Å². The van der Waals surface area contributed by atoms with Gasteiger partial charge in [0.2, 0.25) is 0 Å². The Bertz CT molecular complexity index is 578. The van der Waals surface area contributed by atoms with Gasteiger partial charge in [0.25, 0.3) is 0 Å². The Morgan fingerprint density at radius 1 is 1.27 bits per heavy atom. The average Bonchev–Trinajstić information content (AvgIpc) is 2.94. The summed E-state index contributed by atoms with van der Waals surface area (Å²) in [5, 5.41) is 0. The van der Waals surface area contributed by atoms with Crippen LogP contribution in [-0.4, -0.2) is 32.5 Å². The van der Waals surface area contributed by atoms with Crippen molar-refractivity contribution in [1.82, 2.24) is 19.4 Å². The standard InChI is InChI=1S/C17H27N5/c1-14-7-6-9-19-16(14)13-22(11-5-4-8-18)15(2)17-20-10-12-21(17)3/h6-7,9-10,12,15H,4-5,8,11,13,18H2,1-3H3. The highest BCUT2D eigenvalue weighted by Gasteiger charge is 2.20. The second-order valence-corrected chi connectivity index (χ2v) is 5.81. The Morgan fingerprint density at radius 3 is 2.73 bits per heavy atom. The number of nitrogens with zero attached hydrogens (tertiary/aromatic N) is 4. The zero-order valence-electron chi connectivity index (χ0n) is 13.9. The van der Waals surface area contributed by atoms with Crippen molar-refractivity contribution in [3.8, 4) is 0 Å². The number of imidazole rings is 1. The molecule has 2 aromatic heterocycles. The zero-order chi connectivity index (χ0) is 15.9. The Balaban J connectivity index is 2.15. The predicted molar refractivity (Wildman–Crippen MR) is 89.3 cm³/mol. The van der Waals surface area contributed by atoms with Crippen molar-refractivity contribution in [2.24, 2.45) is 12.8 Å². The maximum absolute atomic E-state index is 5.64. The van der Waals surface area contributed by atoms with Crippen LogP contribution in [0.4, 0.5) is 0 Å². The summed E-state index contributed by atoms with van der Waals surface area (Å²) >= 11 is 0. The molecular weight excluding hydrogens is 274 g/mol. The highest BCUT2D eigenvalue weighted by atomic mass is 15.2. The predicted octanol–water partition coefficient (Wildman–Crippen LogP) is 2.43. The number of hydrogen-bond donors (Lipinski definition) is 1. The van der Waals surface area contributed by atoms with Gasteiger partial charge in [0.05, 0.1) is 11.7 Å². The summed E-state index contributed by atoms with van der Waals surface area (Å²) in [5.74, 6) is 1.08. The van der Waals surface area contributed by atoms with Crippen LogP contribution in [0, 0.1) is 6.92 Å².